The fraction of sp³-hybridized carbons (Fsp3) is 0.133. The van der Waals surface area contributed by atoms with Crippen LogP contribution in [0.4, 0.5) is 5.82 Å². The molecular weight excluding hydrogens is 250 g/mol. The summed E-state index contributed by atoms with van der Waals surface area (Å²) in [6, 6.07) is 12.0. The van der Waals surface area contributed by atoms with E-state index in [9.17, 15) is 0 Å². The summed E-state index contributed by atoms with van der Waals surface area (Å²) in [6.07, 6.45) is 3.42. The first-order valence-corrected chi connectivity index (χ1v) is 6.41. The van der Waals surface area contributed by atoms with Gasteiger partial charge in [-0.25, -0.2) is 9.97 Å². The summed E-state index contributed by atoms with van der Waals surface area (Å²) in [6.45, 7) is 1.99. The van der Waals surface area contributed by atoms with Crippen molar-refractivity contribution in [3.05, 3.63) is 54.5 Å². The van der Waals surface area contributed by atoms with Gasteiger partial charge in [0.2, 0.25) is 0 Å². The zero-order valence-electron chi connectivity index (χ0n) is 11.4. The highest BCUT2D eigenvalue weighted by Crippen LogP contribution is 2.31. The van der Waals surface area contributed by atoms with Crippen molar-refractivity contribution >= 4 is 5.82 Å². The Hall–Kier alpha value is -2.69. The van der Waals surface area contributed by atoms with Crippen LogP contribution in [-0.2, 0) is 0 Å². The minimum Gasteiger partial charge on any atom is -0.372 e. The van der Waals surface area contributed by atoms with Crippen LogP contribution >= 0.6 is 0 Å². The Morgan fingerprint density at radius 2 is 1.70 bits per heavy atom. The van der Waals surface area contributed by atoms with Crippen LogP contribution in [0.15, 0.2) is 48.8 Å². The molecule has 0 aliphatic carbocycles. The zero-order chi connectivity index (χ0) is 13.9. The molecule has 0 fully saturated rings. The van der Waals surface area contributed by atoms with E-state index in [1.54, 1.807) is 23.1 Å². The van der Waals surface area contributed by atoms with Crippen molar-refractivity contribution in [1.82, 2.24) is 19.7 Å². The lowest BCUT2D eigenvalue weighted by Crippen LogP contribution is -2.06. The Morgan fingerprint density at radius 3 is 2.35 bits per heavy atom. The lowest BCUT2D eigenvalue weighted by molar-refractivity contribution is 0.802. The molecule has 0 spiro atoms. The zero-order valence-corrected chi connectivity index (χ0v) is 11.4. The summed E-state index contributed by atoms with van der Waals surface area (Å²) in [7, 11) is 1.88. The Morgan fingerprint density at radius 1 is 1.00 bits per heavy atom. The molecule has 1 aromatic carbocycles. The van der Waals surface area contributed by atoms with E-state index in [0.717, 1.165) is 22.6 Å². The molecular formula is C15H15N5. The predicted octanol–water partition coefficient (Wildman–Crippen LogP) is 2.68. The van der Waals surface area contributed by atoms with E-state index < -0.39 is 0 Å². The first-order valence-electron chi connectivity index (χ1n) is 6.41. The third kappa shape index (κ3) is 2.03. The normalized spacial score (nSPS) is 10.5. The highest BCUT2D eigenvalue weighted by molar-refractivity contribution is 5.78. The average molecular weight is 265 g/mol. The molecule has 2 aromatic heterocycles. The molecule has 0 bridgehead atoms. The Labute approximate surface area is 117 Å². The number of hydrogen-bond acceptors (Lipinski definition) is 4. The van der Waals surface area contributed by atoms with Crippen molar-refractivity contribution < 1.29 is 0 Å². The summed E-state index contributed by atoms with van der Waals surface area (Å²) in [5.74, 6) is 1.45. The molecule has 20 heavy (non-hydrogen) atoms. The van der Waals surface area contributed by atoms with Gasteiger partial charge in [0.25, 0.3) is 5.95 Å². The van der Waals surface area contributed by atoms with Gasteiger partial charge < -0.3 is 5.32 Å². The third-order valence-corrected chi connectivity index (χ3v) is 3.10. The standard InChI is InChI=1S/C15H15N5/c1-11-13(12-7-4-3-5-8-12)14(16-2)20(19-11)15-17-9-6-10-18-15/h3-10,16H,1-2H3. The maximum absolute atomic E-state index is 4.56. The van der Waals surface area contributed by atoms with Crippen LogP contribution in [-0.4, -0.2) is 26.8 Å². The van der Waals surface area contributed by atoms with Crippen LogP contribution in [0.3, 0.4) is 0 Å². The molecule has 5 nitrogen and oxygen atoms in total. The second-order valence-corrected chi connectivity index (χ2v) is 4.39. The molecule has 2 heterocycles. The van der Waals surface area contributed by atoms with Gasteiger partial charge in [-0.1, -0.05) is 30.3 Å². The van der Waals surface area contributed by atoms with Crippen molar-refractivity contribution in [2.45, 2.75) is 6.92 Å². The van der Waals surface area contributed by atoms with Gasteiger partial charge >= 0.3 is 0 Å². The fourth-order valence-electron chi connectivity index (χ4n) is 2.25. The van der Waals surface area contributed by atoms with E-state index in [1.165, 1.54) is 0 Å². The summed E-state index contributed by atoms with van der Waals surface area (Å²) in [5, 5.41) is 7.76. The second-order valence-electron chi connectivity index (χ2n) is 4.39. The number of hydrogen-bond donors (Lipinski definition) is 1. The van der Waals surface area contributed by atoms with Crippen LogP contribution in [0, 0.1) is 6.92 Å². The van der Waals surface area contributed by atoms with Crippen LogP contribution in [0.5, 0.6) is 0 Å². The first kappa shape index (κ1) is 12.3. The van der Waals surface area contributed by atoms with Gasteiger partial charge in [0.15, 0.2) is 0 Å². The van der Waals surface area contributed by atoms with Gasteiger partial charge in [-0.15, -0.1) is 0 Å². The molecule has 0 unspecified atom stereocenters. The molecule has 5 heteroatoms. The van der Waals surface area contributed by atoms with Crippen molar-refractivity contribution in [3.63, 3.8) is 0 Å². The number of nitrogens with zero attached hydrogens (tertiary/aromatic N) is 4. The van der Waals surface area contributed by atoms with Gasteiger partial charge in [-0.05, 0) is 18.6 Å². The number of aromatic nitrogens is 4. The van der Waals surface area contributed by atoms with Gasteiger partial charge in [0.1, 0.15) is 5.82 Å². The van der Waals surface area contributed by atoms with E-state index >= 15 is 0 Å². The molecule has 0 atom stereocenters. The molecule has 0 saturated heterocycles. The molecule has 3 rings (SSSR count). The SMILES string of the molecule is CNc1c(-c2ccccc2)c(C)nn1-c1ncccn1. The summed E-state index contributed by atoms with van der Waals surface area (Å²) in [4.78, 5) is 8.51. The van der Waals surface area contributed by atoms with Gasteiger partial charge in [-0.2, -0.15) is 9.78 Å². The van der Waals surface area contributed by atoms with E-state index in [0.29, 0.717) is 5.95 Å². The average Bonchev–Trinajstić information content (AvgIpc) is 2.85. The first-order chi connectivity index (χ1) is 9.81. The summed E-state index contributed by atoms with van der Waals surface area (Å²) in [5.41, 5.74) is 3.13. The van der Waals surface area contributed by atoms with E-state index in [4.69, 9.17) is 0 Å². The van der Waals surface area contributed by atoms with Crippen molar-refractivity contribution in [2.75, 3.05) is 12.4 Å². The summed E-state index contributed by atoms with van der Waals surface area (Å²) >= 11 is 0. The van der Waals surface area contributed by atoms with Crippen LogP contribution < -0.4 is 5.32 Å². The van der Waals surface area contributed by atoms with Crippen molar-refractivity contribution in [3.8, 4) is 17.1 Å². The van der Waals surface area contributed by atoms with Crippen molar-refractivity contribution in [1.29, 1.82) is 0 Å². The van der Waals surface area contributed by atoms with Gasteiger partial charge in [-0.3, -0.25) is 0 Å². The third-order valence-electron chi connectivity index (χ3n) is 3.10. The minimum absolute atomic E-state index is 0.558. The Bertz CT molecular complexity index is 704. The van der Waals surface area contributed by atoms with Crippen LogP contribution in [0.25, 0.3) is 17.1 Å². The lowest BCUT2D eigenvalue weighted by atomic mass is 10.1. The Kier molecular flexibility index (Phi) is 3.16. The molecule has 0 amide bonds. The van der Waals surface area contributed by atoms with E-state index in [1.807, 2.05) is 32.2 Å². The maximum Gasteiger partial charge on any atom is 0.252 e. The van der Waals surface area contributed by atoms with Gasteiger partial charge in [0.05, 0.1) is 5.69 Å². The quantitative estimate of drug-likeness (QED) is 0.791. The maximum atomic E-state index is 4.56. The monoisotopic (exact) mass is 265 g/mol. The number of benzene rings is 1. The Balaban J connectivity index is 2.21. The second kappa shape index (κ2) is 5.13. The highest BCUT2D eigenvalue weighted by Gasteiger charge is 2.17. The van der Waals surface area contributed by atoms with Crippen LogP contribution in [0.2, 0.25) is 0 Å². The van der Waals surface area contributed by atoms with Crippen LogP contribution in [0.1, 0.15) is 5.69 Å². The minimum atomic E-state index is 0.558. The molecule has 100 valence electrons. The molecule has 0 radical (unpaired) electrons. The van der Waals surface area contributed by atoms with Crippen molar-refractivity contribution in [2.24, 2.45) is 0 Å². The highest BCUT2D eigenvalue weighted by atomic mass is 15.4. The number of anilines is 1. The smallest absolute Gasteiger partial charge is 0.252 e. The van der Waals surface area contributed by atoms with E-state index in [-0.39, 0.29) is 0 Å². The summed E-state index contributed by atoms with van der Waals surface area (Å²) < 4.78 is 1.73. The number of aryl methyl sites for hydroxylation is 1. The topological polar surface area (TPSA) is 55.6 Å². The molecule has 0 saturated carbocycles. The number of nitrogens with one attached hydrogen (secondary N) is 1. The number of rotatable bonds is 3. The largest absolute Gasteiger partial charge is 0.372 e. The predicted molar refractivity (Wildman–Crippen MR) is 78.9 cm³/mol. The van der Waals surface area contributed by atoms with Gasteiger partial charge in [0, 0.05) is 25.0 Å². The lowest BCUT2D eigenvalue weighted by Gasteiger charge is -2.07. The fourth-order valence-corrected chi connectivity index (χ4v) is 2.25. The molecule has 0 aliphatic heterocycles. The molecule has 0 aliphatic rings. The van der Waals surface area contributed by atoms with E-state index in [2.05, 4.69) is 32.5 Å². The molecule has 1 N–H and O–H groups in total. The molecule has 3 aromatic rings.